The summed E-state index contributed by atoms with van der Waals surface area (Å²) < 4.78 is 13.6. The maximum absolute atomic E-state index is 13.0. The molecule has 0 bridgehead atoms. The summed E-state index contributed by atoms with van der Waals surface area (Å²) in [7, 11) is 3.58. The van der Waals surface area contributed by atoms with Crippen LogP contribution in [-0.4, -0.2) is 72.5 Å². The molecule has 3 atom stereocenters. The second kappa shape index (κ2) is 26.2. The molecule has 12 nitrogen and oxygen atoms in total. The Morgan fingerprint density at radius 2 is 0.842 bits per heavy atom. The zero-order valence-corrected chi connectivity index (χ0v) is 35.6. The highest BCUT2D eigenvalue weighted by molar-refractivity contribution is 6.08. The Kier molecular flexibility index (Phi) is 23.1. The number of esters is 3. The minimum Gasteiger partial charge on any atom is -0.478 e. The maximum Gasteiger partial charge on any atom is 0.338 e. The van der Waals surface area contributed by atoms with Gasteiger partial charge in [-0.2, -0.15) is 0 Å². The van der Waals surface area contributed by atoms with E-state index < -0.39 is 35.8 Å². The average Bonchev–Trinajstić information content (AvgIpc) is 3.21. The van der Waals surface area contributed by atoms with Crippen molar-refractivity contribution in [2.75, 3.05) is 21.3 Å². The number of ether oxygens (including phenoxy) is 3. The van der Waals surface area contributed by atoms with Crippen molar-refractivity contribution in [3.8, 4) is 0 Å². The normalized spacial score (nSPS) is 12.4. The van der Waals surface area contributed by atoms with Crippen LogP contribution in [0.15, 0.2) is 18.2 Å². The van der Waals surface area contributed by atoms with Crippen molar-refractivity contribution in [1.82, 2.24) is 0 Å². The van der Waals surface area contributed by atoms with Crippen molar-refractivity contribution in [1.29, 1.82) is 0 Å². The van der Waals surface area contributed by atoms with E-state index in [1.54, 1.807) is 0 Å². The van der Waals surface area contributed by atoms with Crippen LogP contribution in [0.2, 0.25) is 0 Å². The number of carbonyl (C=O) groups is 6. The Hall–Kier alpha value is -4.74. The molecule has 0 heterocycles. The molecule has 0 saturated carbocycles. The molecular formula is C45H66O12. The van der Waals surface area contributed by atoms with Gasteiger partial charge in [0.2, 0.25) is 0 Å². The van der Waals surface area contributed by atoms with Gasteiger partial charge < -0.3 is 29.5 Å². The van der Waals surface area contributed by atoms with Gasteiger partial charge in [-0.1, -0.05) is 119 Å². The van der Waals surface area contributed by atoms with Crippen LogP contribution in [0.4, 0.5) is 0 Å². The summed E-state index contributed by atoms with van der Waals surface area (Å²) in [6.07, 6.45) is 12.3. The first-order valence-electron chi connectivity index (χ1n) is 20.4. The molecular weight excluding hydrogens is 732 g/mol. The summed E-state index contributed by atoms with van der Waals surface area (Å²) in [5, 5.41) is 31.5. The van der Waals surface area contributed by atoms with E-state index in [9.17, 15) is 44.1 Å². The average molecular weight is 799 g/mol. The highest BCUT2D eigenvalue weighted by Gasteiger charge is 2.35. The third-order valence-electron chi connectivity index (χ3n) is 10.8. The number of rotatable bonds is 24. The van der Waals surface area contributed by atoms with Gasteiger partial charge >= 0.3 is 35.8 Å². The van der Waals surface area contributed by atoms with Crippen LogP contribution in [0.3, 0.4) is 0 Å². The number of carboxylic acids is 3. The predicted molar refractivity (Wildman–Crippen MR) is 219 cm³/mol. The lowest BCUT2D eigenvalue weighted by molar-refractivity contribution is 0.0552. The second-order valence-electron chi connectivity index (χ2n) is 14.6. The standard InChI is InChI=1S/C33H54O6.C12H12O6/c1-7-13-16-22(10-4)19-25-26(20-23(11-5)17-14-8-2)29(32(36)37)30(33(38)39)27(28(25)31(34)35)21-24(12-6)18-15-9-3;1-16-10(13)7-4-5-8(11(14)17-2)9(6-7)12(15)18-3/h22-24H,7-21H2,1-6H3,(H,34,35)(H,36,37)(H,38,39);4-6H,1-3H3. The van der Waals surface area contributed by atoms with Crippen molar-refractivity contribution in [3.05, 3.63) is 68.3 Å². The second-order valence-corrected chi connectivity index (χ2v) is 14.6. The minimum absolute atomic E-state index is 0.0250. The SMILES string of the molecule is CCCCC(CC)Cc1c(CC(CC)CCCC)c(C(=O)O)c(C(=O)O)c(CC(CC)CCCC)c1C(=O)O.COC(=O)c1ccc(C(=O)OC)c(C(=O)OC)c1. The molecule has 318 valence electrons. The maximum atomic E-state index is 13.0. The lowest BCUT2D eigenvalue weighted by Gasteiger charge is -2.28. The predicted octanol–water partition coefficient (Wildman–Crippen LogP) is 10.1. The molecule has 0 saturated heterocycles. The van der Waals surface area contributed by atoms with Gasteiger partial charge in [0.15, 0.2) is 0 Å². The molecule has 0 aliphatic carbocycles. The van der Waals surface area contributed by atoms with Crippen LogP contribution in [0.1, 0.15) is 197 Å². The van der Waals surface area contributed by atoms with E-state index in [2.05, 4.69) is 48.8 Å². The molecule has 0 spiro atoms. The van der Waals surface area contributed by atoms with E-state index in [-0.39, 0.29) is 63.1 Å². The van der Waals surface area contributed by atoms with E-state index in [4.69, 9.17) is 0 Å². The molecule has 0 fully saturated rings. The number of carboxylic acid groups (broad SMARTS) is 3. The fraction of sp³-hybridized carbons (Fsp3) is 0.600. The van der Waals surface area contributed by atoms with E-state index in [0.717, 1.165) is 77.0 Å². The van der Waals surface area contributed by atoms with Crippen molar-refractivity contribution >= 4 is 35.8 Å². The Morgan fingerprint density at radius 3 is 1.19 bits per heavy atom. The molecule has 57 heavy (non-hydrogen) atoms. The highest BCUT2D eigenvalue weighted by Crippen LogP contribution is 2.37. The smallest absolute Gasteiger partial charge is 0.338 e. The van der Waals surface area contributed by atoms with E-state index in [0.29, 0.717) is 24.0 Å². The van der Waals surface area contributed by atoms with Gasteiger partial charge in [-0.25, -0.2) is 28.8 Å². The molecule has 2 aromatic rings. The molecule has 3 N–H and O–H groups in total. The summed E-state index contributed by atoms with van der Waals surface area (Å²) in [5.74, 6) is -5.32. The first-order valence-corrected chi connectivity index (χ1v) is 20.4. The van der Waals surface area contributed by atoms with Crippen molar-refractivity contribution in [3.63, 3.8) is 0 Å². The van der Waals surface area contributed by atoms with E-state index in [1.807, 2.05) is 6.92 Å². The topological polar surface area (TPSA) is 191 Å². The van der Waals surface area contributed by atoms with E-state index >= 15 is 0 Å². The Balaban J connectivity index is 0.000000749. The van der Waals surface area contributed by atoms with Crippen LogP contribution in [-0.2, 0) is 33.5 Å². The molecule has 0 aromatic heterocycles. The Morgan fingerprint density at radius 1 is 0.491 bits per heavy atom. The summed E-state index contributed by atoms with van der Waals surface area (Å²) in [6.45, 7) is 12.5. The molecule has 0 amide bonds. The lowest BCUT2D eigenvalue weighted by Crippen LogP contribution is -2.25. The van der Waals surface area contributed by atoms with E-state index in [1.165, 1.54) is 39.5 Å². The molecule has 2 aromatic carbocycles. The van der Waals surface area contributed by atoms with Gasteiger partial charge in [-0.3, -0.25) is 0 Å². The summed E-state index contributed by atoms with van der Waals surface area (Å²) >= 11 is 0. The summed E-state index contributed by atoms with van der Waals surface area (Å²) in [5.41, 5.74) is 0.922. The number of hydrogen-bond acceptors (Lipinski definition) is 9. The first kappa shape index (κ1) is 50.3. The lowest BCUT2D eigenvalue weighted by atomic mass is 9.75. The van der Waals surface area contributed by atoms with Gasteiger partial charge in [0.05, 0.1) is 54.7 Å². The third-order valence-corrected chi connectivity index (χ3v) is 10.8. The van der Waals surface area contributed by atoms with Crippen LogP contribution in [0.25, 0.3) is 0 Å². The van der Waals surface area contributed by atoms with Gasteiger partial charge in [-0.05, 0) is 71.9 Å². The number of carbonyl (C=O) groups excluding carboxylic acids is 3. The minimum atomic E-state index is -1.34. The van der Waals surface area contributed by atoms with Crippen molar-refractivity contribution in [2.45, 2.75) is 138 Å². The summed E-state index contributed by atoms with van der Waals surface area (Å²) in [4.78, 5) is 73.0. The zero-order chi connectivity index (χ0) is 43.2. The van der Waals surface area contributed by atoms with Crippen LogP contribution < -0.4 is 0 Å². The Labute approximate surface area is 338 Å². The van der Waals surface area contributed by atoms with Crippen molar-refractivity contribution in [2.24, 2.45) is 17.8 Å². The number of aromatic carboxylic acids is 3. The largest absolute Gasteiger partial charge is 0.478 e. The summed E-state index contributed by atoms with van der Waals surface area (Å²) in [6, 6.07) is 3.90. The molecule has 3 unspecified atom stereocenters. The van der Waals surface area contributed by atoms with Crippen LogP contribution >= 0.6 is 0 Å². The fourth-order valence-electron chi connectivity index (χ4n) is 7.35. The van der Waals surface area contributed by atoms with Gasteiger partial charge in [0, 0.05) is 0 Å². The van der Waals surface area contributed by atoms with Gasteiger partial charge in [0.1, 0.15) is 0 Å². The molecule has 0 aliphatic heterocycles. The first-order chi connectivity index (χ1) is 27.2. The van der Waals surface area contributed by atoms with Crippen LogP contribution in [0, 0.1) is 17.8 Å². The molecule has 0 radical (unpaired) electrons. The molecule has 0 aliphatic rings. The zero-order valence-electron chi connectivity index (χ0n) is 35.6. The third kappa shape index (κ3) is 14.6. The van der Waals surface area contributed by atoms with Crippen LogP contribution in [0.5, 0.6) is 0 Å². The highest BCUT2D eigenvalue weighted by atomic mass is 16.5. The number of methoxy groups -OCH3 is 3. The quantitative estimate of drug-likeness (QED) is 0.0674. The fourth-order valence-corrected chi connectivity index (χ4v) is 7.35. The van der Waals surface area contributed by atoms with Gasteiger partial charge in [0.25, 0.3) is 0 Å². The van der Waals surface area contributed by atoms with Gasteiger partial charge in [-0.15, -0.1) is 0 Å². The Bertz CT molecular complexity index is 1660. The number of benzene rings is 2. The number of hydrogen-bond donors (Lipinski definition) is 3. The molecule has 2 rings (SSSR count). The number of unbranched alkanes of at least 4 members (excludes halogenated alkanes) is 3. The monoisotopic (exact) mass is 798 g/mol. The van der Waals surface area contributed by atoms with Crippen molar-refractivity contribution < 1.29 is 58.3 Å². The molecule has 12 heteroatoms.